The van der Waals surface area contributed by atoms with E-state index in [0.717, 1.165) is 4.47 Å². The summed E-state index contributed by atoms with van der Waals surface area (Å²) in [6.07, 6.45) is 1.43. The normalized spacial score (nSPS) is 11.2. The number of ether oxygens (including phenoxy) is 1. The van der Waals surface area contributed by atoms with Gasteiger partial charge in [0.05, 0.1) is 11.6 Å². The maximum absolute atomic E-state index is 12.4. The highest BCUT2D eigenvalue weighted by Gasteiger charge is 2.23. The smallest absolute Gasteiger partial charge is 0.343 e. The quantitative estimate of drug-likeness (QED) is 0.266. The molecule has 0 spiro atoms. The third-order valence-corrected chi connectivity index (χ3v) is 3.11. The predicted octanol–water partition coefficient (Wildman–Crippen LogP) is 3.29. The Balaban J connectivity index is 3.20. The van der Waals surface area contributed by atoms with E-state index in [9.17, 15) is 9.59 Å². The molecule has 0 N–H and O–H groups in total. The van der Waals surface area contributed by atoms with Crippen LogP contribution in [0.1, 0.15) is 17.3 Å². The Kier molecular flexibility index (Phi) is 6.23. The molecular weight excluding hydrogens is 346 g/mol. The Bertz CT molecular complexity index is 555. The van der Waals surface area contributed by atoms with Gasteiger partial charge in [-0.05, 0) is 25.1 Å². The molecular formula is C14H15BrClNO3. The number of nitrogens with zero attached hydrogens (tertiary/aromatic N) is 1. The molecule has 0 aliphatic carbocycles. The summed E-state index contributed by atoms with van der Waals surface area (Å²) in [5.74, 6) is -1.13. The molecule has 0 aliphatic heterocycles. The van der Waals surface area contributed by atoms with E-state index in [1.165, 1.54) is 6.20 Å². The van der Waals surface area contributed by atoms with E-state index in [1.807, 2.05) is 0 Å². The van der Waals surface area contributed by atoms with Gasteiger partial charge in [-0.2, -0.15) is 0 Å². The van der Waals surface area contributed by atoms with Gasteiger partial charge in [0.25, 0.3) is 0 Å². The highest BCUT2D eigenvalue weighted by atomic mass is 79.9. The standard InChI is InChI=1S/C14H15BrClNO3/c1-4-20-14(19)11(8-17(2)3)13(18)10-6-5-9(15)7-12(10)16/h5-8H,4H2,1-3H3/b11-8+. The second-order valence-corrected chi connectivity index (χ2v) is 5.50. The largest absolute Gasteiger partial charge is 0.462 e. The minimum absolute atomic E-state index is 0.0546. The average molecular weight is 361 g/mol. The lowest BCUT2D eigenvalue weighted by molar-refractivity contribution is -0.138. The number of esters is 1. The van der Waals surface area contributed by atoms with Crippen molar-refractivity contribution in [3.05, 3.63) is 45.0 Å². The molecule has 6 heteroatoms. The third kappa shape index (κ3) is 4.35. The van der Waals surface area contributed by atoms with Crippen LogP contribution in [0.4, 0.5) is 0 Å². The molecule has 0 heterocycles. The Morgan fingerprint density at radius 2 is 2.05 bits per heavy atom. The lowest BCUT2D eigenvalue weighted by Gasteiger charge is -2.11. The first kappa shape index (κ1) is 16.7. The second kappa shape index (κ2) is 7.45. The monoisotopic (exact) mass is 359 g/mol. The van der Waals surface area contributed by atoms with Crippen molar-refractivity contribution in [1.29, 1.82) is 0 Å². The Morgan fingerprint density at radius 1 is 1.40 bits per heavy atom. The van der Waals surface area contributed by atoms with E-state index in [-0.39, 0.29) is 22.8 Å². The molecule has 20 heavy (non-hydrogen) atoms. The summed E-state index contributed by atoms with van der Waals surface area (Å²) in [6.45, 7) is 1.88. The molecule has 0 saturated carbocycles. The molecule has 0 unspecified atom stereocenters. The van der Waals surface area contributed by atoms with E-state index >= 15 is 0 Å². The molecule has 108 valence electrons. The molecule has 0 fully saturated rings. The van der Waals surface area contributed by atoms with Crippen LogP contribution in [-0.4, -0.2) is 37.4 Å². The second-order valence-electron chi connectivity index (χ2n) is 4.18. The van der Waals surface area contributed by atoms with Crippen LogP contribution in [-0.2, 0) is 9.53 Å². The maximum atomic E-state index is 12.4. The van der Waals surface area contributed by atoms with Crippen molar-refractivity contribution >= 4 is 39.3 Å². The number of halogens is 2. The molecule has 4 nitrogen and oxygen atoms in total. The molecule has 0 amide bonds. The van der Waals surface area contributed by atoms with E-state index < -0.39 is 11.8 Å². The summed E-state index contributed by atoms with van der Waals surface area (Å²) in [6, 6.07) is 4.86. The van der Waals surface area contributed by atoms with Crippen LogP contribution < -0.4 is 0 Å². The predicted molar refractivity (Wildman–Crippen MR) is 81.9 cm³/mol. The fourth-order valence-electron chi connectivity index (χ4n) is 1.49. The number of hydrogen-bond donors (Lipinski definition) is 0. The van der Waals surface area contributed by atoms with Crippen LogP contribution >= 0.6 is 27.5 Å². The van der Waals surface area contributed by atoms with Gasteiger partial charge in [-0.1, -0.05) is 27.5 Å². The number of benzene rings is 1. The number of carbonyl (C=O) groups excluding carboxylic acids is 2. The molecule has 1 aromatic carbocycles. The maximum Gasteiger partial charge on any atom is 0.343 e. The summed E-state index contributed by atoms with van der Waals surface area (Å²) in [4.78, 5) is 25.9. The fraction of sp³-hybridized carbons (Fsp3) is 0.286. The zero-order valence-electron chi connectivity index (χ0n) is 11.4. The van der Waals surface area contributed by atoms with Gasteiger partial charge >= 0.3 is 5.97 Å². The van der Waals surface area contributed by atoms with Crippen LogP contribution in [0.2, 0.25) is 5.02 Å². The number of hydrogen-bond acceptors (Lipinski definition) is 4. The van der Waals surface area contributed by atoms with Crippen LogP contribution in [0.25, 0.3) is 0 Å². The van der Waals surface area contributed by atoms with E-state index in [2.05, 4.69) is 15.9 Å². The Morgan fingerprint density at radius 3 is 2.55 bits per heavy atom. The van der Waals surface area contributed by atoms with Gasteiger partial charge in [-0.15, -0.1) is 0 Å². The molecule has 1 aromatic rings. The molecule has 0 atom stereocenters. The van der Waals surface area contributed by atoms with E-state index in [1.54, 1.807) is 44.1 Å². The third-order valence-electron chi connectivity index (χ3n) is 2.30. The van der Waals surface area contributed by atoms with Crippen molar-refractivity contribution in [2.75, 3.05) is 20.7 Å². The number of ketones is 1. The van der Waals surface area contributed by atoms with Gasteiger partial charge < -0.3 is 9.64 Å². The van der Waals surface area contributed by atoms with Crippen LogP contribution in [0.15, 0.2) is 34.4 Å². The first-order valence-corrected chi connectivity index (χ1v) is 7.09. The zero-order chi connectivity index (χ0) is 15.3. The summed E-state index contributed by atoms with van der Waals surface area (Å²) in [7, 11) is 3.44. The Hall–Kier alpha value is -1.33. The van der Waals surface area contributed by atoms with Crippen molar-refractivity contribution in [3.8, 4) is 0 Å². The van der Waals surface area contributed by atoms with Gasteiger partial charge in [0.15, 0.2) is 0 Å². The van der Waals surface area contributed by atoms with Crippen molar-refractivity contribution in [1.82, 2.24) is 4.90 Å². The topological polar surface area (TPSA) is 46.6 Å². The molecule has 0 saturated heterocycles. The van der Waals surface area contributed by atoms with Crippen molar-refractivity contribution in [2.45, 2.75) is 6.92 Å². The fourth-order valence-corrected chi connectivity index (χ4v) is 2.25. The van der Waals surface area contributed by atoms with Crippen LogP contribution in [0.3, 0.4) is 0 Å². The Labute approximate surface area is 131 Å². The minimum atomic E-state index is -0.662. The highest BCUT2D eigenvalue weighted by molar-refractivity contribution is 9.10. The molecule has 0 bridgehead atoms. The van der Waals surface area contributed by atoms with Crippen molar-refractivity contribution in [3.63, 3.8) is 0 Å². The molecule has 0 radical (unpaired) electrons. The SMILES string of the molecule is CCOC(=O)/C(=C/N(C)C)C(=O)c1ccc(Br)cc1Cl. The van der Waals surface area contributed by atoms with Crippen molar-refractivity contribution < 1.29 is 14.3 Å². The van der Waals surface area contributed by atoms with Crippen molar-refractivity contribution in [2.24, 2.45) is 0 Å². The molecule has 1 rings (SSSR count). The van der Waals surface area contributed by atoms with E-state index in [0.29, 0.717) is 0 Å². The van der Waals surface area contributed by atoms with Crippen LogP contribution in [0.5, 0.6) is 0 Å². The van der Waals surface area contributed by atoms with Crippen LogP contribution in [0, 0.1) is 0 Å². The summed E-state index contributed by atoms with van der Waals surface area (Å²) in [5.41, 5.74) is 0.206. The van der Waals surface area contributed by atoms with Gasteiger partial charge in [-0.25, -0.2) is 4.79 Å². The highest BCUT2D eigenvalue weighted by Crippen LogP contribution is 2.24. The molecule has 0 aliphatic rings. The summed E-state index contributed by atoms with van der Waals surface area (Å²) in [5, 5.41) is 0.276. The lowest BCUT2D eigenvalue weighted by Crippen LogP contribution is -2.19. The van der Waals surface area contributed by atoms with Gasteiger partial charge in [0.2, 0.25) is 5.78 Å². The lowest BCUT2D eigenvalue weighted by atomic mass is 10.0. The number of carbonyl (C=O) groups is 2. The summed E-state index contributed by atoms with van der Waals surface area (Å²) < 4.78 is 5.66. The zero-order valence-corrected chi connectivity index (χ0v) is 13.8. The number of Topliss-reactive ketones (excluding diaryl/α,β-unsaturated/α-hetero) is 1. The average Bonchev–Trinajstić information content (AvgIpc) is 2.35. The van der Waals surface area contributed by atoms with Gasteiger partial charge in [0.1, 0.15) is 5.57 Å². The summed E-state index contributed by atoms with van der Waals surface area (Å²) >= 11 is 9.31. The first-order chi connectivity index (χ1) is 9.36. The first-order valence-electron chi connectivity index (χ1n) is 5.92. The van der Waals surface area contributed by atoms with Gasteiger partial charge in [-0.3, -0.25) is 4.79 Å². The number of rotatable bonds is 5. The molecule has 0 aromatic heterocycles. The minimum Gasteiger partial charge on any atom is -0.462 e. The van der Waals surface area contributed by atoms with E-state index in [4.69, 9.17) is 16.3 Å². The van der Waals surface area contributed by atoms with Gasteiger partial charge in [0, 0.05) is 30.3 Å².